The smallest absolute Gasteiger partial charge is 0.303 e. The summed E-state index contributed by atoms with van der Waals surface area (Å²) in [5, 5.41) is 0. The van der Waals surface area contributed by atoms with Gasteiger partial charge in [-0.2, -0.15) is 0 Å². The van der Waals surface area contributed by atoms with Crippen LogP contribution in [0.2, 0.25) is 0 Å². The van der Waals surface area contributed by atoms with Gasteiger partial charge in [-0.05, 0) is 25.7 Å². The molecule has 1 fully saturated rings. The van der Waals surface area contributed by atoms with Crippen LogP contribution in [0.1, 0.15) is 42.3 Å². The lowest BCUT2D eigenvalue weighted by atomic mass is 9.94. The van der Waals surface area contributed by atoms with Crippen LogP contribution < -0.4 is 0 Å². The van der Waals surface area contributed by atoms with Crippen LogP contribution in [0.25, 0.3) is 0 Å². The van der Waals surface area contributed by atoms with Crippen LogP contribution in [0.5, 0.6) is 0 Å². The van der Waals surface area contributed by atoms with Crippen molar-refractivity contribution in [1.82, 2.24) is 0 Å². The fraction of sp³-hybridized carbons (Fsp3) is 0.800. The van der Waals surface area contributed by atoms with Crippen molar-refractivity contribution >= 4 is 11.9 Å². The second-order valence-electron chi connectivity index (χ2n) is 3.24. The van der Waals surface area contributed by atoms with E-state index < -0.39 is 24.1 Å². The molecule has 2 atom stereocenters. The fourth-order valence-corrected chi connectivity index (χ4v) is 1.41. The molecule has 0 amide bonds. The molecule has 0 spiro atoms. The van der Waals surface area contributed by atoms with E-state index in [0.29, 0.717) is 12.8 Å². The summed E-state index contributed by atoms with van der Waals surface area (Å²) >= 11 is 0. The number of esters is 2. The third-order valence-electron chi connectivity index (χ3n) is 1.90. The van der Waals surface area contributed by atoms with E-state index in [2.05, 4.69) is 0 Å². The minimum Gasteiger partial charge on any atom is -0.459 e. The first-order valence-electron chi connectivity index (χ1n) is 5.68. The lowest BCUT2D eigenvalue weighted by molar-refractivity contribution is -0.168. The van der Waals surface area contributed by atoms with E-state index in [4.69, 9.17) is 12.2 Å². The SMILES string of the molecule is [2H][C@@]1(OC(C)=O)CCCC[C@]1([2H])OC(C)=O. The van der Waals surface area contributed by atoms with Crippen LogP contribution in [0.15, 0.2) is 0 Å². The molecule has 1 rings (SSSR count). The highest BCUT2D eigenvalue weighted by Crippen LogP contribution is 2.24. The predicted molar refractivity (Wildman–Crippen MR) is 49.6 cm³/mol. The van der Waals surface area contributed by atoms with Gasteiger partial charge in [0.1, 0.15) is 12.2 Å². The quantitative estimate of drug-likeness (QED) is 0.635. The molecule has 1 saturated carbocycles. The van der Waals surface area contributed by atoms with Crippen molar-refractivity contribution in [2.45, 2.75) is 51.7 Å². The Hall–Kier alpha value is -1.06. The molecule has 0 radical (unpaired) electrons. The van der Waals surface area contributed by atoms with E-state index in [1.54, 1.807) is 0 Å². The lowest BCUT2D eigenvalue weighted by Gasteiger charge is -2.29. The molecule has 0 aromatic rings. The Bertz CT molecular complexity index is 277. The Labute approximate surface area is 86.4 Å². The Morgan fingerprint density at radius 1 is 1.07 bits per heavy atom. The fourth-order valence-electron chi connectivity index (χ4n) is 1.41. The topological polar surface area (TPSA) is 52.6 Å². The average molecular weight is 202 g/mol. The van der Waals surface area contributed by atoms with Gasteiger partial charge < -0.3 is 9.47 Å². The lowest BCUT2D eigenvalue weighted by Crippen LogP contribution is -2.36. The highest BCUT2D eigenvalue weighted by atomic mass is 16.6. The summed E-state index contributed by atoms with van der Waals surface area (Å²) in [4.78, 5) is 21.8. The van der Waals surface area contributed by atoms with Gasteiger partial charge in [-0.1, -0.05) is 0 Å². The molecule has 0 heterocycles. The molecule has 0 aromatic heterocycles. The van der Waals surface area contributed by atoms with Crippen LogP contribution in [0.4, 0.5) is 0 Å². The van der Waals surface area contributed by atoms with E-state index in [1.807, 2.05) is 0 Å². The molecule has 14 heavy (non-hydrogen) atoms. The maximum absolute atomic E-state index is 10.9. The molecule has 4 heteroatoms. The average Bonchev–Trinajstić information content (AvgIpc) is 2.08. The molecular weight excluding hydrogens is 184 g/mol. The van der Waals surface area contributed by atoms with Crippen LogP contribution in [0.3, 0.4) is 0 Å². The number of carbonyl (C=O) groups excluding carboxylic acids is 2. The van der Waals surface area contributed by atoms with Gasteiger partial charge in [-0.3, -0.25) is 9.59 Å². The molecular formula is C10H16O4. The monoisotopic (exact) mass is 202 g/mol. The number of ether oxygens (including phenoxy) is 2. The molecule has 0 unspecified atom stereocenters. The summed E-state index contributed by atoms with van der Waals surface area (Å²) in [6.45, 7) is 2.36. The number of rotatable bonds is 2. The van der Waals surface area contributed by atoms with Gasteiger partial charge in [-0.25, -0.2) is 0 Å². The van der Waals surface area contributed by atoms with E-state index in [9.17, 15) is 9.59 Å². The number of hydrogen-bond acceptors (Lipinski definition) is 4. The van der Waals surface area contributed by atoms with Crippen molar-refractivity contribution in [2.24, 2.45) is 0 Å². The predicted octanol–water partition coefficient (Wildman–Crippen LogP) is 1.42. The highest BCUT2D eigenvalue weighted by molar-refractivity contribution is 5.67. The van der Waals surface area contributed by atoms with Crippen molar-refractivity contribution in [2.75, 3.05) is 0 Å². The molecule has 0 N–H and O–H groups in total. The third-order valence-corrected chi connectivity index (χ3v) is 1.90. The van der Waals surface area contributed by atoms with Crippen molar-refractivity contribution in [3.8, 4) is 0 Å². The molecule has 1 aliphatic carbocycles. The van der Waals surface area contributed by atoms with Gasteiger partial charge in [0.2, 0.25) is 0 Å². The van der Waals surface area contributed by atoms with Crippen molar-refractivity contribution in [1.29, 1.82) is 0 Å². The molecule has 80 valence electrons. The maximum Gasteiger partial charge on any atom is 0.303 e. The largest absolute Gasteiger partial charge is 0.459 e. The van der Waals surface area contributed by atoms with Gasteiger partial charge in [0.05, 0.1) is 2.74 Å². The van der Waals surface area contributed by atoms with E-state index >= 15 is 0 Å². The number of hydrogen-bond donors (Lipinski definition) is 0. The van der Waals surface area contributed by atoms with E-state index in [-0.39, 0.29) is 12.8 Å². The van der Waals surface area contributed by atoms with Gasteiger partial charge in [0, 0.05) is 13.8 Å². The zero-order valence-corrected chi connectivity index (χ0v) is 8.46. The standard InChI is InChI=1S/C10H16O4/c1-7(11)13-9-5-3-4-6-10(9)14-8(2)12/h9-10H,3-6H2,1-2H3/t9-,10+/i9D,10D. The van der Waals surface area contributed by atoms with Crippen LogP contribution in [0, 0.1) is 0 Å². The second-order valence-corrected chi connectivity index (χ2v) is 3.24. The third kappa shape index (κ3) is 3.36. The Balaban J connectivity index is 2.92. The maximum atomic E-state index is 10.9. The van der Waals surface area contributed by atoms with Gasteiger partial charge >= 0.3 is 11.9 Å². The Morgan fingerprint density at radius 3 is 1.71 bits per heavy atom. The Morgan fingerprint density at radius 2 is 1.43 bits per heavy atom. The van der Waals surface area contributed by atoms with Crippen molar-refractivity contribution in [3.05, 3.63) is 0 Å². The molecule has 0 bridgehead atoms. The summed E-state index contributed by atoms with van der Waals surface area (Å²) in [6, 6.07) is 0. The minimum atomic E-state index is -1.79. The second kappa shape index (κ2) is 4.98. The highest BCUT2D eigenvalue weighted by Gasteiger charge is 2.29. The molecule has 0 aromatic carbocycles. The molecule has 4 nitrogen and oxygen atoms in total. The van der Waals surface area contributed by atoms with Gasteiger partial charge in [0.15, 0.2) is 0 Å². The first-order chi connectivity index (χ1) is 7.29. The molecule has 1 aliphatic rings. The first-order valence-corrected chi connectivity index (χ1v) is 4.68. The zero-order valence-electron chi connectivity index (χ0n) is 10.5. The summed E-state index contributed by atoms with van der Waals surface area (Å²) in [5.74, 6) is -1.28. The normalized spacial score (nSPS) is 39.3. The molecule has 0 aliphatic heterocycles. The van der Waals surface area contributed by atoms with Crippen molar-refractivity contribution in [3.63, 3.8) is 0 Å². The van der Waals surface area contributed by atoms with Gasteiger partial charge in [-0.15, -0.1) is 0 Å². The van der Waals surface area contributed by atoms with E-state index in [0.717, 1.165) is 0 Å². The van der Waals surface area contributed by atoms with Gasteiger partial charge in [0.25, 0.3) is 0 Å². The minimum absolute atomic E-state index is 0.212. The van der Waals surface area contributed by atoms with E-state index in [1.165, 1.54) is 13.8 Å². The Kier molecular flexibility index (Phi) is 2.94. The summed E-state index contributed by atoms with van der Waals surface area (Å²) in [7, 11) is 0. The van der Waals surface area contributed by atoms with Crippen molar-refractivity contribution < 1.29 is 21.8 Å². The zero-order chi connectivity index (χ0) is 12.4. The number of carbonyl (C=O) groups is 2. The van der Waals surface area contributed by atoms with Crippen LogP contribution in [-0.4, -0.2) is 24.1 Å². The summed E-state index contributed by atoms with van der Waals surface area (Å²) in [5.41, 5.74) is 0. The van der Waals surface area contributed by atoms with Crippen LogP contribution in [-0.2, 0) is 19.1 Å². The summed E-state index contributed by atoms with van der Waals surface area (Å²) < 4.78 is 25.7. The molecule has 0 saturated heterocycles. The first kappa shape index (κ1) is 8.26. The van der Waals surface area contributed by atoms with Crippen LogP contribution >= 0.6 is 0 Å². The summed E-state index contributed by atoms with van der Waals surface area (Å²) in [6.07, 6.45) is -1.80.